The van der Waals surface area contributed by atoms with Crippen LogP contribution in [0.1, 0.15) is 0 Å². The Labute approximate surface area is 334 Å². The van der Waals surface area contributed by atoms with Gasteiger partial charge in [-0.25, -0.2) is 15.0 Å². The van der Waals surface area contributed by atoms with Crippen molar-refractivity contribution in [2.45, 2.75) is 0 Å². The molecule has 0 N–H and O–H groups in total. The van der Waals surface area contributed by atoms with Crippen LogP contribution in [0.2, 0.25) is 0 Å². The minimum atomic E-state index is 0.645. The molecular weight excluding hydrogens is 711 g/mol. The molecule has 3 nitrogen and oxygen atoms in total. The van der Waals surface area contributed by atoms with Crippen LogP contribution in [0.3, 0.4) is 0 Å². The average molecular weight is 744 g/mol. The van der Waals surface area contributed by atoms with Crippen molar-refractivity contribution in [1.82, 2.24) is 15.0 Å². The quantitative estimate of drug-likeness (QED) is 0.170. The molecule has 2 aromatic heterocycles. The largest absolute Gasteiger partial charge is 0.208 e. The van der Waals surface area contributed by atoms with Gasteiger partial charge in [0.1, 0.15) is 0 Å². The van der Waals surface area contributed by atoms with Gasteiger partial charge in [-0.3, -0.25) is 0 Å². The fraction of sp³-hybridized carbons (Fsp3) is 0. The molecule has 0 aliphatic rings. The third-order valence-corrected chi connectivity index (χ3v) is 12.2. The van der Waals surface area contributed by atoms with Gasteiger partial charge in [-0.05, 0) is 73.1 Å². The van der Waals surface area contributed by atoms with E-state index in [1.165, 1.54) is 47.6 Å². The van der Waals surface area contributed by atoms with Crippen molar-refractivity contribution in [2.75, 3.05) is 0 Å². The van der Waals surface area contributed by atoms with Crippen molar-refractivity contribution in [1.29, 1.82) is 0 Å². The van der Waals surface area contributed by atoms with Crippen molar-refractivity contribution < 1.29 is 0 Å². The first-order valence-electron chi connectivity index (χ1n) is 19.2. The maximum Gasteiger partial charge on any atom is 0.165 e. The van der Waals surface area contributed by atoms with Crippen LogP contribution in [0.4, 0.5) is 0 Å². The van der Waals surface area contributed by atoms with Crippen molar-refractivity contribution in [3.05, 3.63) is 200 Å². The Morgan fingerprint density at radius 3 is 1.60 bits per heavy atom. The van der Waals surface area contributed by atoms with Gasteiger partial charge in [0.25, 0.3) is 0 Å². The smallest absolute Gasteiger partial charge is 0.165 e. The molecule has 0 amide bonds. The monoisotopic (exact) mass is 743 g/mol. The minimum absolute atomic E-state index is 0.645. The third-order valence-electron chi connectivity index (χ3n) is 11.0. The van der Waals surface area contributed by atoms with Crippen LogP contribution in [-0.2, 0) is 0 Å². The summed E-state index contributed by atoms with van der Waals surface area (Å²) in [7, 11) is 0. The fourth-order valence-electron chi connectivity index (χ4n) is 8.28. The molecule has 9 aromatic carbocycles. The van der Waals surface area contributed by atoms with Crippen LogP contribution < -0.4 is 0 Å². The van der Waals surface area contributed by atoms with E-state index in [0.29, 0.717) is 17.5 Å². The van der Waals surface area contributed by atoms with Crippen LogP contribution in [-0.4, -0.2) is 15.0 Å². The topological polar surface area (TPSA) is 38.7 Å². The number of hydrogen-bond donors (Lipinski definition) is 0. The Balaban J connectivity index is 1.13. The highest BCUT2D eigenvalue weighted by Gasteiger charge is 2.21. The lowest BCUT2D eigenvalue weighted by molar-refractivity contribution is 1.08. The van der Waals surface area contributed by atoms with Gasteiger partial charge in [0.15, 0.2) is 17.5 Å². The van der Waals surface area contributed by atoms with Gasteiger partial charge in [0.05, 0.1) is 0 Å². The molecule has 0 aliphatic carbocycles. The number of nitrogens with zero attached hydrogens (tertiary/aromatic N) is 3. The molecule has 0 atom stereocenters. The maximum atomic E-state index is 5.40. The average Bonchev–Trinajstić information content (AvgIpc) is 3.68. The number of fused-ring (bicyclic) bond motifs is 5. The summed E-state index contributed by atoms with van der Waals surface area (Å²) in [5.41, 5.74) is 9.89. The highest BCUT2D eigenvalue weighted by Crippen LogP contribution is 2.43. The van der Waals surface area contributed by atoms with Crippen LogP contribution >= 0.6 is 11.3 Å². The predicted octanol–water partition coefficient (Wildman–Crippen LogP) is 14.5. The van der Waals surface area contributed by atoms with E-state index in [4.69, 9.17) is 15.0 Å². The summed E-state index contributed by atoms with van der Waals surface area (Å²) in [4.78, 5) is 15.9. The molecule has 0 bridgehead atoms. The molecule has 0 spiro atoms. The summed E-state index contributed by atoms with van der Waals surface area (Å²) < 4.78 is 2.42. The van der Waals surface area contributed by atoms with Gasteiger partial charge in [-0.1, -0.05) is 182 Å². The first kappa shape index (κ1) is 33.1. The summed E-state index contributed by atoms with van der Waals surface area (Å²) in [5, 5.41) is 7.13. The molecular formula is C53H33N3S. The minimum Gasteiger partial charge on any atom is -0.208 e. The first-order chi connectivity index (χ1) is 28.3. The van der Waals surface area contributed by atoms with Crippen LogP contribution in [0.5, 0.6) is 0 Å². The predicted molar refractivity (Wildman–Crippen MR) is 240 cm³/mol. The third kappa shape index (κ3) is 5.78. The summed E-state index contributed by atoms with van der Waals surface area (Å²) in [6, 6.07) is 71.1. The van der Waals surface area contributed by atoms with Gasteiger partial charge in [0, 0.05) is 36.9 Å². The van der Waals surface area contributed by atoms with E-state index < -0.39 is 0 Å². The second kappa shape index (κ2) is 13.8. The Morgan fingerprint density at radius 2 is 0.825 bits per heavy atom. The second-order valence-corrected chi connectivity index (χ2v) is 15.4. The van der Waals surface area contributed by atoms with Crippen LogP contribution in [0.25, 0.3) is 109 Å². The zero-order chi connectivity index (χ0) is 37.7. The van der Waals surface area contributed by atoms with E-state index in [1.54, 1.807) is 11.3 Å². The van der Waals surface area contributed by atoms with Crippen molar-refractivity contribution >= 4 is 53.1 Å². The maximum absolute atomic E-state index is 5.40. The Bertz CT molecular complexity index is 3300. The molecule has 4 heteroatoms. The standard InChI is InChI=1S/C53H33N3S/c1-3-15-34(16-4-1)39-31-32-40(44-24-10-9-23-43(39)44)37-20-13-21-38(33-37)42-30-29-35-17-7-8-22-41(35)49(42)53-55-51(36-18-5-2-6-19-36)54-52(56-53)47-27-14-26-46-45-25-11-12-28-48(45)57-50(46)47/h1-33H. The number of rotatable bonds is 6. The molecule has 0 saturated carbocycles. The lowest BCUT2D eigenvalue weighted by Gasteiger charge is -2.16. The van der Waals surface area contributed by atoms with E-state index in [0.717, 1.165) is 44.2 Å². The molecule has 0 unspecified atom stereocenters. The summed E-state index contributed by atoms with van der Waals surface area (Å²) in [5.74, 6) is 1.95. The lowest BCUT2D eigenvalue weighted by atomic mass is 9.89. The SMILES string of the molecule is c1ccc(-c2nc(-c3c(-c4cccc(-c5ccc(-c6ccccc6)c6ccccc56)c4)ccc4ccccc34)nc(-c3cccc4c3sc3ccccc34)n2)cc1. The Kier molecular flexibility index (Phi) is 8.01. The van der Waals surface area contributed by atoms with Crippen LogP contribution in [0, 0.1) is 0 Å². The zero-order valence-electron chi connectivity index (χ0n) is 30.8. The van der Waals surface area contributed by atoms with Crippen molar-refractivity contribution in [3.63, 3.8) is 0 Å². The molecule has 0 saturated heterocycles. The molecule has 11 rings (SSSR count). The van der Waals surface area contributed by atoms with Gasteiger partial charge in [0.2, 0.25) is 0 Å². The summed E-state index contributed by atoms with van der Waals surface area (Å²) in [6.07, 6.45) is 0. The number of hydrogen-bond acceptors (Lipinski definition) is 4. The fourth-order valence-corrected chi connectivity index (χ4v) is 9.49. The number of aromatic nitrogens is 3. The highest BCUT2D eigenvalue weighted by atomic mass is 32.1. The molecule has 0 aliphatic heterocycles. The molecule has 0 radical (unpaired) electrons. The van der Waals surface area contributed by atoms with E-state index in [1.807, 2.05) is 18.2 Å². The Hall–Kier alpha value is -7.27. The molecule has 2 heterocycles. The van der Waals surface area contributed by atoms with E-state index >= 15 is 0 Å². The summed E-state index contributed by atoms with van der Waals surface area (Å²) in [6.45, 7) is 0. The summed E-state index contributed by atoms with van der Waals surface area (Å²) >= 11 is 1.79. The van der Waals surface area contributed by atoms with Gasteiger partial charge in [-0.15, -0.1) is 11.3 Å². The zero-order valence-corrected chi connectivity index (χ0v) is 31.6. The Morgan fingerprint density at radius 1 is 0.298 bits per heavy atom. The van der Waals surface area contributed by atoms with Gasteiger partial charge < -0.3 is 0 Å². The molecule has 266 valence electrons. The van der Waals surface area contributed by atoms with E-state index in [9.17, 15) is 0 Å². The van der Waals surface area contributed by atoms with Crippen LogP contribution in [0.15, 0.2) is 200 Å². The molecule has 57 heavy (non-hydrogen) atoms. The number of benzene rings is 9. The molecule has 0 fully saturated rings. The van der Waals surface area contributed by atoms with Gasteiger partial charge in [-0.2, -0.15) is 0 Å². The lowest BCUT2D eigenvalue weighted by Crippen LogP contribution is -2.02. The van der Waals surface area contributed by atoms with Crippen molar-refractivity contribution in [2.24, 2.45) is 0 Å². The first-order valence-corrected chi connectivity index (χ1v) is 20.0. The van der Waals surface area contributed by atoms with E-state index in [-0.39, 0.29) is 0 Å². The van der Waals surface area contributed by atoms with E-state index in [2.05, 4.69) is 182 Å². The highest BCUT2D eigenvalue weighted by molar-refractivity contribution is 7.26. The second-order valence-electron chi connectivity index (χ2n) is 14.3. The molecule has 11 aromatic rings. The number of thiophene rings is 1. The van der Waals surface area contributed by atoms with Gasteiger partial charge >= 0.3 is 0 Å². The van der Waals surface area contributed by atoms with Crippen molar-refractivity contribution in [3.8, 4) is 67.5 Å². The normalized spacial score (nSPS) is 11.5.